The quantitative estimate of drug-likeness (QED) is 0.122. The Balaban J connectivity index is 0.000000252. The van der Waals surface area contributed by atoms with Crippen LogP contribution in [0.3, 0.4) is 0 Å². The maximum absolute atomic E-state index is 11.8. The summed E-state index contributed by atoms with van der Waals surface area (Å²) in [5, 5.41) is 57.0. The molecule has 2 heterocycles. The maximum Gasteiger partial charge on any atom is 0.335 e. The predicted octanol–water partition coefficient (Wildman–Crippen LogP) is -1.68. The molecule has 4 rings (SSSR count). The summed E-state index contributed by atoms with van der Waals surface area (Å²) in [6.45, 7) is 0. The average molecular weight is 549 g/mol. The molecule has 0 spiro atoms. The van der Waals surface area contributed by atoms with Crippen molar-refractivity contribution >= 4 is 29.2 Å². The molecule has 3 aromatic rings. The van der Waals surface area contributed by atoms with Crippen molar-refractivity contribution in [3.8, 4) is 11.5 Å². The highest BCUT2D eigenvalue weighted by Gasteiger charge is 2.50. The number of imidazole rings is 1. The third-order valence-corrected chi connectivity index (χ3v) is 6.25. The molecule has 1 aromatic carbocycles. The molecule has 0 aliphatic heterocycles. The van der Waals surface area contributed by atoms with Crippen LogP contribution in [-0.4, -0.2) is 85.2 Å². The number of hydrogen-bond donors (Lipinski definition) is 6. The highest BCUT2D eigenvalue weighted by Crippen LogP contribution is 2.31. The molecule has 0 radical (unpaired) electrons. The predicted molar refractivity (Wildman–Crippen MR) is 134 cm³/mol. The SMILES string of the molecule is Cn1c(=O)c2c(ncn2C)n(C)c1=O.O=C(/C=C/c1ccc(O)c(O)c1)O[C@@H]1C[C@](O)(C(=O)O)C[C@@H](O)[C@H]1O. The summed E-state index contributed by atoms with van der Waals surface area (Å²) in [6, 6.07) is 3.83. The first-order valence-electron chi connectivity index (χ1n) is 11.5. The molecular weight excluding hydrogens is 520 g/mol. The fourth-order valence-corrected chi connectivity index (χ4v) is 4.01. The van der Waals surface area contributed by atoms with Crippen LogP contribution in [0.25, 0.3) is 17.2 Å². The molecular formula is C24H28N4O11. The van der Waals surface area contributed by atoms with Gasteiger partial charge in [0, 0.05) is 40.1 Å². The molecule has 6 N–H and O–H groups in total. The number of carbonyl (C=O) groups is 2. The first-order valence-corrected chi connectivity index (χ1v) is 11.5. The van der Waals surface area contributed by atoms with Crippen molar-refractivity contribution in [3.63, 3.8) is 0 Å². The number of nitrogens with zero attached hydrogens (tertiary/aromatic N) is 4. The molecule has 15 nitrogen and oxygen atoms in total. The number of aryl methyl sites for hydroxylation is 2. The average Bonchev–Trinajstić information content (AvgIpc) is 3.27. The van der Waals surface area contributed by atoms with Gasteiger partial charge in [-0.25, -0.2) is 19.4 Å². The van der Waals surface area contributed by atoms with Gasteiger partial charge in [0.25, 0.3) is 5.56 Å². The second kappa shape index (κ2) is 11.1. The zero-order chi connectivity index (χ0) is 29.2. The van der Waals surface area contributed by atoms with Gasteiger partial charge in [0.2, 0.25) is 0 Å². The van der Waals surface area contributed by atoms with E-state index in [2.05, 4.69) is 4.98 Å². The maximum atomic E-state index is 11.8. The van der Waals surface area contributed by atoms with Crippen molar-refractivity contribution in [2.75, 3.05) is 0 Å². The zero-order valence-corrected chi connectivity index (χ0v) is 21.1. The Labute approximate surface area is 219 Å². The van der Waals surface area contributed by atoms with Gasteiger partial charge in [-0.1, -0.05) is 6.07 Å². The highest BCUT2D eigenvalue weighted by atomic mass is 16.6. The van der Waals surface area contributed by atoms with E-state index >= 15 is 0 Å². The number of aliphatic hydroxyl groups is 3. The van der Waals surface area contributed by atoms with Crippen LogP contribution in [0.5, 0.6) is 11.5 Å². The Morgan fingerprint density at radius 3 is 2.36 bits per heavy atom. The summed E-state index contributed by atoms with van der Waals surface area (Å²) in [5.41, 5.74) is -1.76. The molecule has 0 saturated heterocycles. The van der Waals surface area contributed by atoms with Crippen LogP contribution >= 0.6 is 0 Å². The Morgan fingerprint density at radius 1 is 1.08 bits per heavy atom. The van der Waals surface area contributed by atoms with Crippen LogP contribution in [0.1, 0.15) is 18.4 Å². The van der Waals surface area contributed by atoms with Crippen LogP contribution in [0.15, 0.2) is 40.2 Å². The lowest BCUT2D eigenvalue weighted by Crippen LogP contribution is -2.57. The van der Waals surface area contributed by atoms with E-state index in [1.807, 2.05) is 0 Å². The summed E-state index contributed by atoms with van der Waals surface area (Å²) in [4.78, 5) is 50.1. The van der Waals surface area contributed by atoms with E-state index in [9.17, 15) is 44.7 Å². The van der Waals surface area contributed by atoms with Crippen molar-refractivity contribution in [2.24, 2.45) is 21.1 Å². The largest absolute Gasteiger partial charge is 0.504 e. The Bertz CT molecular complexity index is 1550. The number of aliphatic hydroxyl groups excluding tert-OH is 2. The van der Waals surface area contributed by atoms with Gasteiger partial charge in [0.15, 0.2) is 28.3 Å². The summed E-state index contributed by atoms with van der Waals surface area (Å²) in [7, 11) is 4.77. The van der Waals surface area contributed by atoms with E-state index in [-0.39, 0.29) is 22.7 Å². The third kappa shape index (κ3) is 6.00. The lowest BCUT2D eigenvalue weighted by molar-refractivity contribution is -0.196. The summed E-state index contributed by atoms with van der Waals surface area (Å²) in [5.74, 6) is -3.24. The first kappa shape index (κ1) is 29.1. The Hall–Kier alpha value is -4.47. The van der Waals surface area contributed by atoms with E-state index in [1.165, 1.54) is 42.2 Å². The molecule has 0 bridgehead atoms. The van der Waals surface area contributed by atoms with E-state index < -0.39 is 48.7 Å². The number of carboxylic acid groups (broad SMARTS) is 1. The fourth-order valence-electron chi connectivity index (χ4n) is 4.01. The molecule has 210 valence electrons. The van der Waals surface area contributed by atoms with Gasteiger partial charge >= 0.3 is 17.6 Å². The second-order valence-corrected chi connectivity index (χ2v) is 9.09. The minimum absolute atomic E-state index is 0.317. The van der Waals surface area contributed by atoms with Gasteiger partial charge in [0.1, 0.15) is 12.2 Å². The zero-order valence-electron chi connectivity index (χ0n) is 21.1. The number of carbonyl (C=O) groups excluding carboxylic acids is 1. The number of hydrogen-bond acceptors (Lipinski definition) is 11. The van der Waals surface area contributed by atoms with Gasteiger partial charge in [-0.05, 0) is 23.8 Å². The van der Waals surface area contributed by atoms with Gasteiger partial charge in [-0.2, -0.15) is 0 Å². The van der Waals surface area contributed by atoms with Crippen molar-refractivity contribution in [3.05, 3.63) is 57.0 Å². The van der Waals surface area contributed by atoms with Gasteiger partial charge in [0.05, 0.1) is 12.4 Å². The molecule has 2 aromatic heterocycles. The Morgan fingerprint density at radius 2 is 1.74 bits per heavy atom. The number of ether oxygens (including phenoxy) is 1. The summed E-state index contributed by atoms with van der Waals surface area (Å²) in [6.07, 6.45) is -1.92. The number of rotatable bonds is 4. The van der Waals surface area contributed by atoms with E-state index in [4.69, 9.17) is 9.84 Å². The van der Waals surface area contributed by atoms with Crippen molar-refractivity contribution < 1.29 is 45.0 Å². The number of aromatic hydroxyl groups is 2. The highest BCUT2D eigenvalue weighted by molar-refractivity contribution is 5.87. The van der Waals surface area contributed by atoms with Gasteiger partial charge < -0.3 is 39.9 Å². The number of phenolic OH excluding ortho intramolecular Hbond substituents is 2. The molecule has 0 amide bonds. The molecule has 1 aliphatic rings. The van der Waals surface area contributed by atoms with Crippen molar-refractivity contribution in [2.45, 2.75) is 36.8 Å². The lowest BCUT2D eigenvalue weighted by Gasteiger charge is -2.39. The lowest BCUT2D eigenvalue weighted by atomic mass is 9.79. The van der Waals surface area contributed by atoms with Crippen LogP contribution in [0.2, 0.25) is 0 Å². The molecule has 1 aliphatic carbocycles. The van der Waals surface area contributed by atoms with Gasteiger partial charge in [-0.15, -0.1) is 0 Å². The summed E-state index contributed by atoms with van der Waals surface area (Å²) < 4.78 is 8.96. The number of fused-ring (bicyclic) bond motifs is 1. The van der Waals surface area contributed by atoms with E-state index in [1.54, 1.807) is 18.7 Å². The molecule has 39 heavy (non-hydrogen) atoms. The first-order chi connectivity index (χ1) is 18.2. The van der Waals surface area contributed by atoms with E-state index in [0.29, 0.717) is 16.7 Å². The van der Waals surface area contributed by atoms with Crippen LogP contribution in [-0.2, 0) is 35.5 Å². The minimum atomic E-state index is -2.31. The minimum Gasteiger partial charge on any atom is -0.504 e. The van der Waals surface area contributed by atoms with E-state index in [0.717, 1.165) is 10.6 Å². The summed E-state index contributed by atoms with van der Waals surface area (Å²) >= 11 is 0. The smallest absolute Gasteiger partial charge is 0.335 e. The molecule has 4 atom stereocenters. The number of aliphatic carboxylic acids is 1. The second-order valence-electron chi connectivity index (χ2n) is 9.09. The van der Waals surface area contributed by atoms with Crippen LogP contribution in [0, 0.1) is 0 Å². The molecule has 1 saturated carbocycles. The standard InChI is InChI=1S/C16H18O9.C8H10N4O2/c17-9-3-1-8(5-10(9)18)2-4-13(20)25-12-7-16(24,15(22)23)6-11(19)14(12)21;1-10-4-9-6-5(10)7(13)12(3)8(14)11(6)2/h1-5,11-12,14,17-19,21,24H,6-7H2,(H,22,23);4H,1-3H3/b4-2+;/t11-,12-,14-,16+;/m1./s1. The molecule has 15 heteroatoms. The fraction of sp³-hybridized carbons (Fsp3) is 0.375. The Kier molecular flexibility index (Phi) is 8.28. The van der Waals surface area contributed by atoms with Gasteiger partial charge in [-0.3, -0.25) is 13.9 Å². The monoisotopic (exact) mass is 548 g/mol. The number of phenols is 2. The van der Waals surface area contributed by atoms with Crippen LogP contribution in [0.4, 0.5) is 0 Å². The topological polar surface area (TPSA) is 227 Å². The number of aromatic nitrogens is 4. The number of carboxylic acids is 1. The number of benzene rings is 1. The van der Waals surface area contributed by atoms with Crippen molar-refractivity contribution in [1.29, 1.82) is 0 Å². The molecule has 1 fully saturated rings. The van der Waals surface area contributed by atoms with Crippen molar-refractivity contribution in [1.82, 2.24) is 18.7 Å². The third-order valence-electron chi connectivity index (χ3n) is 6.25. The number of esters is 1. The normalized spacial score (nSPS) is 22.9. The molecule has 0 unspecified atom stereocenters. The van der Waals surface area contributed by atoms with Crippen LogP contribution < -0.4 is 11.2 Å².